The van der Waals surface area contributed by atoms with Crippen LogP contribution in [-0.2, 0) is 23.9 Å². The van der Waals surface area contributed by atoms with Gasteiger partial charge in [0.2, 0.25) is 0 Å². The minimum Gasteiger partial charge on any atom is -0.464 e. The average Bonchev–Trinajstić information content (AvgIpc) is 2.99. The zero-order valence-electron chi connectivity index (χ0n) is 16.8. The second-order valence-electron chi connectivity index (χ2n) is 8.08. The van der Waals surface area contributed by atoms with Crippen LogP contribution in [0.4, 0.5) is 0 Å². The molecule has 1 aliphatic rings. The van der Waals surface area contributed by atoms with Gasteiger partial charge in [-0.25, -0.2) is 0 Å². The number of nitrogens with two attached hydrogens (primary N) is 1. The quantitative estimate of drug-likeness (QED) is 0.459. The van der Waals surface area contributed by atoms with Crippen LogP contribution in [0.2, 0.25) is 0 Å². The van der Waals surface area contributed by atoms with Gasteiger partial charge in [-0.2, -0.15) is 0 Å². The topological polar surface area (TPSA) is 95.7 Å². The largest absolute Gasteiger partial charge is 0.464 e. The van der Waals surface area contributed by atoms with Crippen LogP contribution in [0.3, 0.4) is 0 Å². The van der Waals surface area contributed by atoms with Gasteiger partial charge in [-0.3, -0.25) is 9.59 Å². The van der Waals surface area contributed by atoms with E-state index in [2.05, 4.69) is 0 Å². The SMILES string of the molecule is CC(C)(C)OC(=O)C(N)[C@@H](C=O)C(=O)OCC1c2ccccc2-c2ccccc21. The van der Waals surface area contributed by atoms with Crippen LogP contribution >= 0.6 is 0 Å². The number of esters is 2. The molecule has 0 fully saturated rings. The van der Waals surface area contributed by atoms with Crippen molar-refractivity contribution in [2.75, 3.05) is 6.61 Å². The molecule has 1 unspecified atom stereocenters. The van der Waals surface area contributed by atoms with Gasteiger partial charge in [0.15, 0.2) is 0 Å². The summed E-state index contributed by atoms with van der Waals surface area (Å²) in [6.07, 6.45) is 0.341. The third-order valence-corrected chi connectivity index (χ3v) is 4.84. The molecule has 0 radical (unpaired) electrons. The Morgan fingerprint density at radius 2 is 1.52 bits per heavy atom. The summed E-state index contributed by atoms with van der Waals surface area (Å²) in [5, 5.41) is 0. The number of hydrogen-bond acceptors (Lipinski definition) is 6. The second-order valence-corrected chi connectivity index (χ2v) is 8.08. The summed E-state index contributed by atoms with van der Waals surface area (Å²) < 4.78 is 10.6. The van der Waals surface area contributed by atoms with E-state index in [-0.39, 0.29) is 12.5 Å². The van der Waals surface area contributed by atoms with Crippen LogP contribution in [0.15, 0.2) is 48.5 Å². The lowest BCUT2D eigenvalue weighted by molar-refractivity contribution is -0.164. The molecule has 29 heavy (non-hydrogen) atoms. The highest BCUT2D eigenvalue weighted by Crippen LogP contribution is 2.44. The smallest absolute Gasteiger partial charge is 0.324 e. The van der Waals surface area contributed by atoms with Crippen molar-refractivity contribution in [2.45, 2.75) is 38.3 Å². The molecule has 2 atom stereocenters. The maximum atomic E-state index is 12.5. The van der Waals surface area contributed by atoms with Crippen molar-refractivity contribution < 1.29 is 23.9 Å². The van der Waals surface area contributed by atoms with Crippen LogP contribution in [0.1, 0.15) is 37.8 Å². The molecule has 0 amide bonds. The van der Waals surface area contributed by atoms with E-state index in [0.29, 0.717) is 6.29 Å². The van der Waals surface area contributed by atoms with Gasteiger partial charge in [-0.1, -0.05) is 48.5 Å². The molecular weight excluding hydrogens is 370 g/mol. The molecule has 3 rings (SSSR count). The highest BCUT2D eigenvalue weighted by molar-refractivity contribution is 5.95. The molecule has 0 spiro atoms. The highest BCUT2D eigenvalue weighted by Gasteiger charge is 2.36. The summed E-state index contributed by atoms with van der Waals surface area (Å²) in [5.41, 5.74) is 9.35. The Kier molecular flexibility index (Phi) is 5.84. The molecule has 6 heteroatoms. The predicted octanol–water partition coefficient (Wildman–Crippen LogP) is 2.83. The molecule has 152 valence electrons. The predicted molar refractivity (Wildman–Crippen MR) is 108 cm³/mol. The zero-order chi connectivity index (χ0) is 21.2. The number of hydrogen-bond donors (Lipinski definition) is 1. The maximum absolute atomic E-state index is 12.5. The third-order valence-electron chi connectivity index (χ3n) is 4.84. The summed E-state index contributed by atoms with van der Waals surface area (Å²) in [4.78, 5) is 36.1. The Balaban J connectivity index is 1.73. The van der Waals surface area contributed by atoms with Crippen molar-refractivity contribution in [2.24, 2.45) is 11.7 Å². The van der Waals surface area contributed by atoms with Crippen molar-refractivity contribution in [3.05, 3.63) is 59.7 Å². The summed E-state index contributed by atoms with van der Waals surface area (Å²) in [6, 6.07) is 14.4. The molecule has 0 saturated heterocycles. The number of fused-ring (bicyclic) bond motifs is 3. The fourth-order valence-corrected chi connectivity index (χ4v) is 3.50. The van der Waals surface area contributed by atoms with Gasteiger partial charge in [0, 0.05) is 5.92 Å². The van der Waals surface area contributed by atoms with Crippen molar-refractivity contribution in [1.29, 1.82) is 0 Å². The zero-order valence-corrected chi connectivity index (χ0v) is 16.8. The molecule has 2 N–H and O–H groups in total. The second kappa shape index (κ2) is 8.17. The maximum Gasteiger partial charge on any atom is 0.324 e. The lowest BCUT2D eigenvalue weighted by atomic mass is 9.97. The van der Waals surface area contributed by atoms with Gasteiger partial charge >= 0.3 is 11.9 Å². The first-order valence-corrected chi connectivity index (χ1v) is 9.51. The number of aldehydes is 1. The molecule has 0 aliphatic heterocycles. The van der Waals surface area contributed by atoms with Gasteiger partial charge in [0.05, 0.1) is 0 Å². The lowest BCUT2D eigenvalue weighted by Gasteiger charge is -2.24. The van der Waals surface area contributed by atoms with E-state index in [1.807, 2.05) is 48.5 Å². The first-order chi connectivity index (χ1) is 13.7. The molecule has 0 bridgehead atoms. The van der Waals surface area contributed by atoms with E-state index in [9.17, 15) is 14.4 Å². The summed E-state index contributed by atoms with van der Waals surface area (Å²) in [7, 11) is 0. The Labute approximate surface area is 170 Å². The van der Waals surface area contributed by atoms with E-state index in [0.717, 1.165) is 22.3 Å². The normalized spacial score (nSPS) is 15.0. The van der Waals surface area contributed by atoms with E-state index in [1.54, 1.807) is 20.8 Å². The van der Waals surface area contributed by atoms with Crippen LogP contribution in [-0.4, -0.2) is 36.5 Å². The monoisotopic (exact) mass is 395 g/mol. The first-order valence-electron chi connectivity index (χ1n) is 9.51. The van der Waals surface area contributed by atoms with Crippen LogP contribution in [0.5, 0.6) is 0 Å². The molecular formula is C23H25NO5. The Morgan fingerprint density at radius 3 is 2.00 bits per heavy atom. The first kappa shape index (κ1) is 20.7. The van der Waals surface area contributed by atoms with Crippen LogP contribution in [0.25, 0.3) is 11.1 Å². The highest BCUT2D eigenvalue weighted by atomic mass is 16.6. The van der Waals surface area contributed by atoms with Gasteiger partial charge in [-0.15, -0.1) is 0 Å². The minimum absolute atomic E-state index is 0.0538. The van der Waals surface area contributed by atoms with Gasteiger partial charge in [0.25, 0.3) is 0 Å². The third kappa shape index (κ3) is 4.38. The average molecular weight is 395 g/mol. The number of carbonyl (C=O) groups excluding carboxylic acids is 3. The molecule has 1 aliphatic carbocycles. The summed E-state index contributed by atoms with van der Waals surface area (Å²) in [5.74, 6) is -3.21. The van der Waals surface area contributed by atoms with Gasteiger partial charge < -0.3 is 20.0 Å². The van der Waals surface area contributed by atoms with Crippen LogP contribution in [0, 0.1) is 5.92 Å². The number of rotatable bonds is 6. The van der Waals surface area contributed by atoms with E-state index < -0.39 is 29.5 Å². The molecule has 0 saturated carbocycles. The Hall–Kier alpha value is -2.99. The van der Waals surface area contributed by atoms with Crippen molar-refractivity contribution >= 4 is 18.2 Å². The lowest BCUT2D eigenvalue weighted by Crippen LogP contribution is -2.46. The van der Waals surface area contributed by atoms with Gasteiger partial charge in [0.1, 0.15) is 30.5 Å². The van der Waals surface area contributed by atoms with Crippen molar-refractivity contribution in [3.63, 3.8) is 0 Å². The van der Waals surface area contributed by atoms with E-state index in [4.69, 9.17) is 15.2 Å². The van der Waals surface area contributed by atoms with E-state index >= 15 is 0 Å². The number of ether oxygens (including phenoxy) is 2. The molecule has 0 heterocycles. The van der Waals surface area contributed by atoms with Gasteiger partial charge in [-0.05, 0) is 43.0 Å². The van der Waals surface area contributed by atoms with Crippen LogP contribution < -0.4 is 5.73 Å². The van der Waals surface area contributed by atoms with Crippen molar-refractivity contribution in [3.8, 4) is 11.1 Å². The Bertz CT molecular complexity index is 885. The number of benzene rings is 2. The fourth-order valence-electron chi connectivity index (χ4n) is 3.50. The molecule has 6 nitrogen and oxygen atoms in total. The fraction of sp³-hybridized carbons (Fsp3) is 0.348. The van der Waals surface area contributed by atoms with Crippen molar-refractivity contribution in [1.82, 2.24) is 0 Å². The molecule has 2 aromatic carbocycles. The molecule has 2 aromatic rings. The van der Waals surface area contributed by atoms with E-state index in [1.165, 1.54) is 0 Å². The standard InChI is InChI=1S/C23H25NO5/c1-23(2,3)29-22(27)20(24)18(12-25)21(26)28-13-19-16-10-6-4-8-14(16)15-9-5-7-11-17(15)19/h4-12,18-20H,13,24H2,1-3H3/t18-,20?/m1/s1. The Morgan fingerprint density at radius 1 is 1.00 bits per heavy atom. The summed E-state index contributed by atoms with van der Waals surface area (Å²) >= 11 is 0. The summed E-state index contributed by atoms with van der Waals surface area (Å²) in [6.45, 7) is 5.10. The molecule has 0 aromatic heterocycles. The minimum atomic E-state index is -1.42. The number of carbonyl (C=O) groups is 3.